The molecule has 0 bridgehead atoms. The fourth-order valence-electron chi connectivity index (χ4n) is 1.96. The van der Waals surface area contributed by atoms with E-state index in [0.717, 1.165) is 4.47 Å². The van der Waals surface area contributed by atoms with Crippen molar-refractivity contribution in [2.24, 2.45) is 0 Å². The summed E-state index contributed by atoms with van der Waals surface area (Å²) in [6, 6.07) is 4.72. The number of benzene rings is 1. The van der Waals surface area contributed by atoms with Gasteiger partial charge in [0.05, 0.1) is 6.20 Å². The van der Waals surface area contributed by atoms with Crippen LogP contribution >= 0.6 is 27.3 Å². The minimum absolute atomic E-state index is 0.339. The standard InChI is InChI=1S/C13H6BrFN6S/c14-7-1-2-9(15)8(5-7)12-20-21-11(18-19-13(21)22-12)10-6-16-3-4-17-10/h1-6H. The molecule has 108 valence electrons. The lowest BCUT2D eigenvalue weighted by Gasteiger charge is -1.99. The Morgan fingerprint density at radius 2 is 2.09 bits per heavy atom. The first-order chi connectivity index (χ1) is 10.7. The van der Waals surface area contributed by atoms with Crippen LogP contribution < -0.4 is 0 Å². The van der Waals surface area contributed by atoms with E-state index >= 15 is 0 Å². The van der Waals surface area contributed by atoms with Crippen LogP contribution in [0.4, 0.5) is 4.39 Å². The van der Waals surface area contributed by atoms with E-state index in [9.17, 15) is 4.39 Å². The van der Waals surface area contributed by atoms with Crippen LogP contribution in [0.2, 0.25) is 0 Å². The molecule has 0 spiro atoms. The van der Waals surface area contributed by atoms with Gasteiger partial charge in [0.1, 0.15) is 11.5 Å². The van der Waals surface area contributed by atoms with Crippen molar-refractivity contribution in [3.63, 3.8) is 0 Å². The van der Waals surface area contributed by atoms with Crippen LogP contribution in [0.15, 0.2) is 41.3 Å². The monoisotopic (exact) mass is 376 g/mol. The molecule has 0 aliphatic heterocycles. The van der Waals surface area contributed by atoms with Gasteiger partial charge >= 0.3 is 0 Å². The second-order valence-corrected chi connectivity index (χ2v) is 6.21. The summed E-state index contributed by atoms with van der Waals surface area (Å²) in [5.41, 5.74) is 0.969. The second kappa shape index (κ2) is 5.18. The van der Waals surface area contributed by atoms with E-state index in [1.807, 2.05) is 0 Å². The molecule has 6 nitrogen and oxygen atoms in total. The summed E-state index contributed by atoms with van der Waals surface area (Å²) in [4.78, 5) is 8.75. The minimum Gasteiger partial charge on any atom is -0.261 e. The quantitative estimate of drug-likeness (QED) is 0.537. The Bertz CT molecular complexity index is 967. The van der Waals surface area contributed by atoms with Crippen LogP contribution in [-0.4, -0.2) is 29.8 Å². The average molecular weight is 377 g/mol. The van der Waals surface area contributed by atoms with Gasteiger partial charge in [0, 0.05) is 22.4 Å². The SMILES string of the molecule is Fc1ccc(Br)cc1-c1nn2c(-c3cnccn3)nnc2s1. The molecule has 0 saturated carbocycles. The third kappa shape index (κ3) is 2.18. The van der Waals surface area contributed by atoms with Gasteiger partial charge in [-0.15, -0.1) is 10.2 Å². The zero-order valence-electron chi connectivity index (χ0n) is 10.8. The molecule has 0 amide bonds. The second-order valence-electron chi connectivity index (χ2n) is 4.34. The van der Waals surface area contributed by atoms with Crippen LogP contribution in [-0.2, 0) is 0 Å². The third-order valence-corrected chi connectivity index (χ3v) is 4.37. The third-order valence-electron chi connectivity index (χ3n) is 2.94. The maximum atomic E-state index is 14.0. The molecule has 3 heterocycles. The summed E-state index contributed by atoms with van der Waals surface area (Å²) in [6.45, 7) is 0. The van der Waals surface area contributed by atoms with E-state index < -0.39 is 0 Å². The molecule has 0 aliphatic rings. The van der Waals surface area contributed by atoms with Crippen molar-refractivity contribution >= 4 is 32.2 Å². The molecule has 0 radical (unpaired) electrons. The number of fused-ring (bicyclic) bond motifs is 1. The summed E-state index contributed by atoms with van der Waals surface area (Å²) < 4.78 is 16.3. The summed E-state index contributed by atoms with van der Waals surface area (Å²) in [7, 11) is 0. The summed E-state index contributed by atoms with van der Waals surface area (Å²) in [6.07, 6.45) is 4.72. The Morgan fingerprint density at radius 3 is 2.91 bits per heavy atom. The van der Waals surface area contributed by atoms with E-state index in [2.05, 4.69) is 41.2 Å². The largest absolute Gasteiger partial charge is 0.261 e. The molecule has 0 N–H and O–H groups in total. The van der Waals surface area contributed by atoms with Gasteiger partial charge in [0.2, 0.25) is 10.8 Å². The molecule has 0 fully saturated rings. The van der Waals surface area contributed by atoms with Gasteiger partial charge in [-0.3, -0.25) is 4.98 Å². The van der Waals surface area contributed by atoms with Crippen molar-refractivity contribution in [2.45, 2.75) is 0 Å². The lowest BCUT2D eigenvalue weighted by Crippen LogP contribution is -1.94. The molecule has 22 heavy (non-hydrogen) atoms. The summed E-state index contributed by atoms with van der Waals surface area (Å²) >= 11 is 4.59. The number of hydrogen-bond acceptors (Lipinski definition) is 6. The maximum absolute atomic E-state index is 14.0. The first-order valence-electron chi connectivity index (χ1n) is 6.16. The smallest absolute Gasteiger partial charge is 0.235 e. The highest BCUT2D eigenvalue weighted by Gasteiger charge is 2.17. The van der Waals surface area contributed by atoms with E-state index in [0.29, 0.717) is 27.1 Å². The van der Waals surface area contributed by atoms with E-state index in [1.54, 1.807) is 35.2 Å². The lowest BCUT2D eigenvalue weighted by atomic mass is 10.2. The number of rotatable bonds is 2. The van der Waals surface area contributed by atoms with Crippen LogP contribution in [0, 0.1) is 5.82 Å². The van der Waals surface area contributed by atoms with Crippen LogP contribution in [0.5, 0.6) is 0 Å². The van der Waals surface area contributed by atoms with Gasteiger partial charge in [-0.05, 0) is 18.2 Å². The van der Waals surface area contributed by atoms with Gasteiger partial charge in [-0.25, -0.2) is 9.37 Å². The fourth-order valence-corrected chi connectivity index (χ4v) is 3.18. The molecule has 0 atom stereocenters. The Morgan fingerprint density at radius 1 is 1.18 bits per heavy atom. The highest BCUT2D eigenvalue weighted by Crippen LogP contribution is 2.30. The Labute approximate surface area is 135 Å². The van der Waals surface area contributed by atoms with Crippen LogP contribution in [0.1, 0.15) is 0 Å². The number of aromatic nitrogens is 6. The summed E-state index contributed by atoms with van der Waals surface area (Å²) in [5, 5.41) is 13.0. The predicted molar refractivity (Wildman–Crippen MR) is 82.8 cm³/mol. The highest BCUT2D eigenvalue weighted by molar-refractivity contribution is 9.10. The minimum atomic E-state index is -0.339. The van der Waals surface area contributed by atoms with Crippen LogP contribution in [0.25, 0.3) is 27.1 Å². The molecule has 0 saturated heterocycles. The van der Waals surface area contributed by atoms with Crippen molar-refractivity contribution in [2.75, 3.05) is 0 Å². The van der Waals surface area contributed by atoms with Gasteiger partial charge in [0.15, 0.2) is 5.01 Å². The zero-order valence-corrected chi connectivity index (χ0v) is 13.2. The van der Waals surface area contributed by atoms with Gasteiger partial charge < -0.3 is 0 Å². The van der Waals surface area contributed by atoms with Crippen molar-refractivity contribution in [3.8, 4) is 22.1 Å². The molecular weight excluding hydrogens is 371 g/mol. The molecule has 4 aromatic rings. The van der Waals surface area contributed by atoms with Crippen LogP contribution in [0.3, 0.4) is 0 Å². The topological polar surface area (TPSA) is 68.9 Å². The Kier molecular flexibility index (Phi) is 3.16. The molecule has 0 aliphatic carbocycles. The average Bonchev–Trinajstić information content (AvgIpc) is 3.10. The van der Waals surface area contributed by atoms with Crippen molar-refractivity contribution in [1.82, 2.24) is 29.8 Å². The van der Waals surface area contributed by atoms with E-state index in [4.69, 9.17) is 0 Å². The fraction of sp³-hybridized carbons (Fsp3) is 0. The highest BCUT2D eigenvalue weighted by atomic mass is 79.9. The summed E-state index contributed by atoms with van der Waals surface area (Å²) in [5.74, 6) is 0.134. The van der Waals surface area contributed by atoms with Gasteiger partial charge in [-0.2, -0.15) is 9.61 Å². The molecule has 3 aromatic heterocycles. The molecule has 1 aromatic carbocycles. The number of halogens is 2. The molecule has 0 unspecified atom stereocenters. The van der Waals surface area contributed by atoms with Gasteiger partial charge in [0.25, 0.3) is 0 Å². The molecule has 9 heteroatoms. The molecule has 4 rings (SSSR count). The normalized spacial score (nSPS) is 11.2. The van der Waals surface area contributed by atoms with Crippen molar-refractivity contribution in [1.29, 1.82) is 0 Å². The van der Waals surface area contributed by atoms with Crippen molar-refractivity contribution < 1.29 is 4.39 Å². The Hall–Kier alpha value is -2.26. The van der Waals surface area contributed by atoms with E-state index in [-0.39, 0.29) is 5.82 Å². The Balaban J connectivity index is 1.89. The maximum Gasteiger partial charge on any atom is 0.235 e. The zero-order chi connectivity index (χ0) is 15.1. The number of nitrogens with zero attached hydrogens (tertiary/aromatic N) is 6. The first kappa shape index (κ1) is 13.4. The first-order valence-corrected chi connectivity index (χ1v) is 7.77. The van der Waals surface area contributed by atoms with Gasteiger partial charge in [-0.1, -0.05) is 27.3 Å². The number of hydrogen-bond donors (Lipinski definition) is 0. The lowest BCUT2D eigenvalue weighted by molar-refractivity contribution is 0.630. The predicted octanol–water partition coefficient (Wildman–Crippen LogP) is 3.21. The molecular formula is C13H6BrFN6S. The van der Waals surface area contributed by atoms with E-state index in [1.165, 1.54) is 17.4 Å². The van der Waals surface area contributed by atoms with Crippen molar-refractivity contribution in [3.05, 3.63) is 47.1 Å².